The number of anilines is 1. The van der Waals surface area contributed by atoms with Crippen molar-refractivity contribution in [1.29, 1.82) is 5.26 Å². The Bertz CT molecular complexity index is 613. The number of rotatable bonds is 1. The van der Waals surface area contributed by atoms with Crippen molar-refractivity contribution in [3.8, 4) is 6.07 Å². The molecule has 1 amide bonds. The second-order valence-electron chi connectivity index (χ2n) is 6.25. The number of amides is 1. The maximum absolute atomic E-state index is 11.5. The van der Waals surface area contributed by atoms with Crippen LogP contribution < -0.4 is 5.73 Å². The molecular formula is C13H18BrN5O2. The van der Waals surface area contributed by atoms with Gasteiger partial charge in [-0.1, -0.05) is 20.8 Å². The van der Waals surface area contributed by atoms with E-state index in [9.17, 15) is 9.90 Å². The average Bonchev–Trinajstić information content (AvgIpc) is 2.90. The summed E-state index contributed by atoms with van der Waals surface area (Å²) in [6.07, 6.45) is -0.319. The summed E-state index contributed by atoms with van der Waals surface area (Å²) in [6, 6.07) is 1.57. The largest absolute Gasteiger partial charge is 0.465 e. The van der Waals surface area contributed by atoms with E-state index in [1.165, 1.54) is 4.90 Å². The first-order valence-electron chi connectivity index (χ1n) is 6.61. The van der Waals surface area contributed by atoms with E-state index in [2.05, 4.69) is 21.0 Å². The maximum atomic E-state index is 11.5. The summed E-state index contributed by atoms with van der Waals surface area (Å²) in [4.78, 5) is 12.9. The Labute approximate surface area is 131 Å². The predicted octanol–water partition coefficient (Wildman–Crippen LogP) is 2.44. The number of carboxylic acid groups (broad SMARTS) is 1. The Morgan fingerprint density at radius 2 is 2.19 bits per heavy atom. The molecule has 0 aliphatic carbocycles. The van der Waals surface area contributed by atoms with E-state index in [1.807, 2.05) is 26.8 Å². The van der Waals surface area contributed by atoms with E-state index in [0.717, 1.165) is 0 Å². The molecule has 8 heteroatoms. The molecule has 0 spiro atoms. The minimum absolute atomic E-state index is 0.181. The van der Waals surface area contributed by atoms with Gasteiger partial charge in [0.05, 0.1) is 12.1 Å². The van der Waals surface area contributed by atoms with Crippen LogP contribution in [-0.4, -0.2) is 38.5 Å². The molecule has 0 aromatic carbocycles. The summed E-state index contributed by atoms with van der Waals surface area (Å²) < 4.78 is 1.98. The summed E-state index contributed by atoms with van der Waals surface area (Å²) in [5.41, 5.74) is 6.03. The van der Waals surface area contributed by atoms with E-state index >= 15 is 0 Å². The second kappa shape index (κ2) is 5.22. The summed E-state index contributed by atoms with van der Waals surface area (Å²) >= 11 is 3.23. The first-order chi connectivity index (χ1) is 9.68. The van der Waals surface area contributed by atoms with Gasteiger partial charge >= 0.3 is 6.09 Å². The lowest BCUT2D eigenvalue weighted by atomic mass is 9.82. The molecule has 1 saturated heterocycles. The Morgan fingerprint density at radius 1 is 1.57 bits per heavy atom. The van der Waals surface area contributed by atoms with Crippen LogP contribution in [0.25, 0.3) is 0 Å². The topological polar surface area (TPSA) is 108 Å². The highest BCUT2D eigenvalue weighted by Crippen LogP contribution is 2.41. The van der Waals surface area contributed by atoms with Gasteiger partial charge in [0.1, 0.15) is 22.1 Å². The lowest BCUT2D eigenvalue weighted by Gasteiger charge is -2.37. The number of aromatic nitrogens is 2. The van der Waals surface area contributed by atoms with Gasteiger partial charge in [-0.3, -0.25) is 0 Å². The standard InChI is InChI=1S/C13H18BrN5O2/c1-13(2,3)9-8(4-5-18(9)12(20)21)19-11(16)7(6-15)10(14)17-19/h8-9H,4-5,16H2,1-3H3,(H,20,21). The molecule has 1 aliphatic rings. The molecule has 2 atom stereocenters. The van der Waals surface area contributed by atoms with Crippen LogP contribution in [0.1, 0.15) is 38.8 Å². The van der Waals surface area contributed by atoms with Gasteiger partial charge in [0, 0.05) is 6.54 Å². The first kappa shape index (κ1) is 15.6. The molecule has 21 heavy (non-hydrogen) atoms. The summed E-state index contributed by atoms with van der Waals surface area (Å²) in [6.45, 7) is 6.41. The van der Waals surface area contributed by atoms with Crippen molar-refractivity contribution in [2.75, 3.05) is 12.3 Å². The zero-order chi connectivity index (χ0) is 15.9. The van der Waals surface area contributed by atoms with Crippen molar-refractivity contribution < 1.29 is 9.90 Å². The molecular weight excluding hydrogens is 338 g/mol. The van der Waals surface area contributed by atoms with Crippen LogP contribution in [0.3, 0.4) is 0 Å². The Hall–Kier alpha value is -1.75. The Kier molecular flexibility index (Phi) is 3.89. The fourth-order valence-corrected chi connectivity index (χ4v) is 3.53. The van der Waals surface area contributed by atoms with E-state index < -0.39 is 6.09 Å². The molecule has 0 bridgehead atoms. The maximum Gasteiger partial charge on any atom is 0.407 e. The Balaban J connectivity index is 2.49. The quantitative estimate of drug-likeness (QED) is 0.803. The third-order valence-corrected chi connectivity index (χ3v) is 4.38. The number of likely N-dealkylation sites (tertiary alicyclic amines) is 1. The molecule has 7 nitrogen and oxygen atoms in total. The third-order valence-electron chi connectivity index (χ3n) is 3.83. The van der Waals surface area contributed by atoms with Crippen molar-refractivity contribution in [3.63, 3.8) is 0 Å². The highest BCUT2D eigenvalue weighted by molar-refractivity contribution is 9.10. The van der Waals surface area contributed by atoms with Crippen LogP contribution in [-0.2, 0) is 0 Å². The molecule has 2 rings (SSSR count). The van der Waals surface area contributed by atoms with Gasteiger partial charge in [-0.2, -0.15) is 10.4 Å². The van der Waals surface area contributed by atoms with Gasteiger partial charge in [0.2, 0.25) is 0 Å². The second-order valence-corrected chi connectivity index (χ2v) is 7.00. The number of nitrogen functional groups attached to an aromatic ring is 1. The van der Waals surface area contributed by atoms with Crippen LogP contribution in [0.4, 0.5) is 10.6 Å². The highest BCUT2D eigenvalue weighted by atomic mass is 79.9. The molecule has 114 valence electrons. The molecule has 3 N–H and O–H groups in total. The number of nitrogens with two attached hydrogens (primary N) is 1. The number of carbonyl (C=O) groups is 1. The van der Waals surface area contributed by atoms with Gasteiger partial charge in [0.25, 0.3) is 0 Å². The number of halogens is 1. The fraction of sp³-hybridized carbons (Fsp3) is 0.615. The molecule has 2 heterocycles. The summed E-state index contributed by atoms with van der Waals surface area (Å²) in [7, 11) is 0. The van der Waals surface area contributed by atoms with Gasteiger partial charge in [0.15, 0.2) is 0 Å². The molecule has 0 radical (unpaired) electrons. The van der Waals surface area contributed by atoms with Crippen LogP contribution in [0.5, 0.6) is 0 Å². The number of nitriles is 1. The van der Waals surface area contributed by atoms with Crippen molar-refractivity contribution in [2.24, 2.45) is 5.41 Å². The fourth-order valence-electron chi connectivity index (χ4n) is 3.07. The average molecular weight is 356 g/mol. The summed E-state index contributed by atoms with van der Waals surface area (Å²) in [5.74, 6) is 0.274. The lowest BCUT2D eigenvalue weighted by Crippen LogP contribution is -2.46. The van der Waals surface area contributed by atoms with E-state index in [0.29, 0.717) is 17.6 Å². The SMILES string of the molecule is CC(C)(C)C1C(n2nc(Br)c(C#N)c2N)CCN1C(=O)O. The molecule has 1 fully saturated rings. The van der Waals surface area contributed by atoms with Gasteiger partial charge in [-0.25, -0.2) is 9.48 Å². The number of hydrogen-bond acceptors (Lipinski definition) is 4. The number of nitrogens with zero attached hydrogens (tertiary/aromatic N) is 4. The summed E-state index contributed by atoms with van der Waals surface area (Å²) in [5, 5.41) is 22.8. The van der Waals surface area contributed by atoms with E-state index in [-0.39, 0.29) is 28.9 Å². The third kappa shape index (κ3) is 2.58. The van der Waals surface area contributed by atoms with Crippen LogP contribution in [0.2, 0.25) is 0 Å². The first-order valence-corrected chi connectivity index (χ1v) is 7.41. The molecule has 1 aromatic heterocycles. The molecule has 0 saturated carbocycles. The normalized spacial score (nSPS) is 22.3. The monoisotopic (exact) mass is 355 g/mol. The van der Waals surface area contributed by atoms with E-state index in [1.54, 1.807) is 4.68 Å². The van der Waals surface area contributed by atoms with Crippen LogP contribution in [0, 0.1) is 16.7 Å². The van der Waals surface area contributed by atoms with Crippen molar-refractivity contribution >= 4 is 27.8 Å². The minimum Gasteiger partial charge on any atom is -0.465 e. The smallest absolute Gasteiger partial charge is 0.407 e. The van der Waals surface area contributed by atoms with E-state index in [4.69, 9.17) is 11.0 Å². The van der Waals surface area contributed by atoms with Crippen molar-refractivity contribution in [2.45, 2.75) is 39.3 Å². The van der Waals surface area contributed by atoms with Gasteiger partial charge in [-0.15, -0.1) is 0 Å². The Morgan fingerprint density at radius 3 is 2.62 bits per heavy atom. The van der Waals surface area contributed by atoms with Crippen LogP contribution >= 0.6 is 15.9 Å². The minimum atomic E-state index is -0.942. The van der Waals surface area contributed by atoms with Crippen LogP contribution in [0.15, 0.2) is 4.60 Å². The zero-order valence-corrected chi connectivity index (χ0v) is 13.8. The van der Waals surface area contributed by atoms with Gasteiger partial charge in [-0.05, 0) is 27.8 Å². The molecule has 1 aromatic rings. The molecule has 1 aliphatic heterocycles. The predicted molar refractivity (Wildman–Crippen MR) is 80.7 cm³/mol. The van der Waals surface area contributed by atoms with Gasteiger partial charge < -0.3 is 15.7 Å². The lowest BCUT2D eigenvalue weighted by molar-refractivity contribution is 0.0909. The number of hydrogen-bond donors (Lipinski definition) is 2. The highest BCUT2D eigenvalue weighted by Gasteiger charge is 2.46. The zero-order valence-electron chi connectivity index (χ0n) is 12.2. The van der Waals surface area contributed by atoms with Crippen molar-refractivity contribution in [1.82, 2.24) is 14.7 Å². The molecule has 2 unspecified atom stereocenters. The van der Waals surface area contributed by atoms with Crippen molar-refractivity contribution in [3.05, 3.63) is 10.2 Å².